The molecule has 0 unspecified atom stereocenters. The molecule has 0 bridgehead atoms. The summed E-state index contributed by atoms with van der Waals surface area (Å²) in [5.41, 5.74) is 2.92. The van der Waals surface area contributed by atoms with E-state index < -0.39 is 0 Å². The Hall–Kier alpha value is -2.07. The van der Waals surface area contributed by atoms with E-state index >= 15 is 0 Å². The summed E-state index contributed by atoms with van der Waals surface area (Å²) < 4.78 is 2.12. The average molecular weight is 326 g/mol. The molecule has 3 rings (SSSR count). The van der Waals surface area contributed by atoms with Crippen LogP contribution in [0.1, 0.15) is 42.4 Å². The molecule has 0 aliphatic rings. The Bertz CT molecular complexity index is 852. The lowest BCUT2D eigenvalue weighted by molar-refractivity contribution is 0.0911. The number of fused-ring (bicyclic) bond motifs is 1. The predicted molar refractivity (Wildman–Crippen MR) is 97.3 cm³/mol. The second-order valence-electron chi connectivity index (χ2n) is 6.99. The molecule has 0 aliphatic heterocycles. The topological polar surface area (TPSA) is 34.0 Å². The zero-order valence-electron chi connectivity index (χ0n) is 14.0. The van der Waals surface area contributed by atoms with Crippen molar-refractivity contribution in [1.82, 2.24) is 9.88 Å². The number of carbonyl (C=O) groups excluding carboxylic acids is 1. The molecule has 120 valence electrons. The molecular formula is C19H22N2OS. The lowest BCUT2D eigenvalue weighted by Crippen LogP contribution is -2.41. The Morgan fingerprint density at radius 3 is 2.70 bits per heavy atom. The molecule has 0 saturated heterocycles. The molecule has 4 heteroatoms. The van der Waals surface area contributed by atoms with Crippen molar-refractivity contribution in [2.45, 2.75) is 39.8 Å². The summed E-state index contributed by atoms with van der Waals surface area (Å²) in [7, 11) is 0. The number of benzene rings is 1. The first-order valence-corrected chi connectivity index (χ1v) is 8.66. The van der Waals surface area contributed by atoms with Crippen molar-refractivity contribution in [3.63, 3.8) is 0 Å². The van der Waals surface area contributed by atoms with Gasteiger partial charge in [-0.15, -0.1) is 11.3 Å². The van der Waals surface area contributed by atoms with Gasteiger partial charge >= 0.3 is 0 Å². The number of hydrogen-bond donors (Lipinski definition) is 1. The van der Waals surface area contributed by atoms with Gasteiger partial charge in [0.15, 0.2) is 0 Å². The van der Waals surface area contributed by atoms with Gasteiger partial charge in [0.25, 0.3) is 5.91 Å². The van der Waals surface area contributed by atoms with Gasteiger partial charge in [0.05, 0.1) is 0 Å². The highest BCUT2D eigenvalue weighted by molar-refractivity contribution is 7.16. The molecule has 0 saturated carbocycles. The summed E-state index contributed by atoms with van der Waals surface area (Å²) in [4.78, 5) is 13.8. The molecule has 3 nitrogen and oxygen atoms in total. The van der Waals surface area contributed by atoms with E-state index in [4.69, 9.17) is 0 Å². The minimum absolute atomic E-state index is 0.0199. The first-order chi connectivity index (χ1) is 10.8. The number of aryl methyl sites for hydroxylation is 1. The molecule has 0 aliphatic carbocycles. The SMILES string of the molecule is Cc1cccc(Cn2c(C(=O)NC(C)(C)C)cc3ccsc32)c1. The lowest BCUT2D eigenvalue weighted by Gasteiger charge is -2.21. The fourth-order valence-corrected chi connectivity index (χ4v) is 3.61. The number of rotatable bonds is 3. The molecule has 1 amide bonds. The van der Waals surface area contributed by atoms with Gasteiger partial charge in [0.1, 0.15) is 10.5 Å². The summed E-state index contributed by atoms with van der Waals surface area (Å²) in [5, 5.41) is 6.27. The van der Waals surface area contributed by atoms with Crippen molar-refractivity contribution in [2.75, 3.05) is 0 Å². The van der Waals surface area contributed by atoms with Gasteiger partial charge < -0.3 is 9.88 Å². The Labute approximate surface area is 140 Å². The second kappa shape index (κ2) is 5.85. The molecule has 2 heterocycles. The van der Waals surface area contributed by atoms with Crippen LogP contribution in [0.4, 0.5) is 0 Å². The van der Waals surface area contributed by atoms with Gasteiger partial charge in [-0.1, -0.05) is 29.8 Å². The Morgan fingerprint density at radius 2 is 2.00 bits per heavy atom. The summed E-state index contributed by atoms with van der Waals surface area (Å²) in [5.74, 6) is -0.0199. The maximum Gasteiger partial charge on any atom is 0.268 e. The molecule has 2 aromatic heterocycles. The normalized spacial score (nSPS) is 11.8. The van der Waals surface area contributed by atoms with Crippen molar-refractivity contribution in [3.05, 3.63) is 58.6 Å². The van der Waals surface area contributed by atoms with Gasteiger partial charge in [-0.2, -0.15) is 0 Å². The zero-order chi connectivity index (χ0) is 16.6. The van der Waals surface area contributed by atoms with Crippen LogP contribution < -0.4 is 5.32 Å². The molecule has 1 N–H and O–H groups in total. The Balaban J connectivity index is 2.02. The number of amides is 1. The van der Waals surface area contributed by atoms with Gasteiger partial charge in [-0.3, -0.25) is 4.79 Å². The molecule has 0 spiro atoms. The number of aromatic nitrogens is 1. The van der Waals surface area contributed by atoms with E-state index in [-0.39, 0.29) is 11.4 Å². The van der Waals surface area contributed by atoms with Crippen LogP contribution in [0, 0.1) is 6.92 Å². The zero-order valence-corrected chi connectivity index (χ0v) is 14.8. The second-order valence-corrected chi connectivity index (χ2v) is 7.88. The Kier molecular flexibility index (Phi) is 4.02. The fraction of sp³-hybridized carbons (Fsp3) is 0.316. The number of nitrogens with zero attached hydrogens (tertiary/aromatic N) is 1. The molecular weight excluding hydrogens is 304 g/mol. The van der Waals surface area contributed by atoms with Gasteiger partial charge in [-0.25, -0.2) is 0 Å². The minimum Gasteiger partial charge on any atom is -0.346 e. The van der Waals surface area contributed by atoms with Gasteiger partial charge in [0.2, 0.25) is 0 Å². The van der Waals surface area contributed by atoms with Gasteiger partial charge in [0, 0.05) is 17.5 Å². The lowest BCUT2D eigenvalue weighted by atomic mass is 10.1. The van der Waals surface area contributed by atoms with E-state index in [0.717, 1.165) is 15.9 Å². The van der Waals surface area contributed by atoms with E-state index in [1.54, 1.807) is 11.3 Å². The maximum atomic E-state index is 12.7. The minimum atomic E-state index is -0.247. The van der Waals surface area contributed by atoms with Crippen molar-refractivity contribution >= 4 is 27.5 Å². The predicted octanol–water partition coefficient (Wildman–Crippen LogP) is 4.59. The van der Waals surface area contributed by atoms with Crippen molar-refractivity contribution in [2.24, 2.45) is 0 Å². The van der Waals surface area contributed by atoms with Crippen LogP contribution in [-0.2, 0) is 6.54 Å². The average Bonchev–Trinajstić information content (AvgIpc) is 2.99. The number of carbonyl (C=O) groups is 1. The Morgan fingerprint density at radius 1 is 1.22 bits per heavy atom. The number of thiophene rings is 1. The first-order valence-electron chi connectivity index (χ1n) is 7.78. The standard InChI is InChI=1S/C19H22N2OS/c1-13-6-5-7-14(10-13)12-21-16(17(22)20-19(2,3)4)11-15-8-9-23-18(15)21/h5-11H,12H2,1-4H3,(H,20,22). The highest BCUT2D eigenvalue weighted by Crippen LogP contribution is 2.27. The van der Waals surface area contributed by atoms with Crippen LogP contribution in [0.15, 0.2) is 41.8 Å². The van der Waals surface area contributed by atoms with Crippen molar-refractivity contribution in [3.8, 4) is 0 Å². The monoisotopic (exact) mass is 326 g/mol. The summed E-state index contributed by atoms with van der Waals surface area (Å²) in [6.45, 7) is 8.80. The van der Waals surface area contributed by atoms with Crippen LogP contribution >= 0.6 is 11.3 Å². The largest absolute Gasteiger partial charge is 0.346 e. The van der Waals surface area contributed by atoms with E-state index in [0.29, 0.717) is 6.54 Å². The summed E-state index contributed by atoms with van der Waals surface area (Å²) >= 11 is 1.68. The molecule has 3 aromatic rings. The smallest absolute Gasteiger partial charge is 0.268 e. The van der Waals surface area contributed by atoms with Crippen molar-refractivity contribution < 1.29 is 4.79 Å². The molecule has 0 atom stereocenters. The molecule has 0 fully saturated rings. The maximum absolute atomic E-state index is 12.7. The van der Waals surface area contributed by atoms with Crippen LogP contribution in [0.25, 0.3) is 10.2 Å². The third-order valence-corrected chi connectivity index (χ3v) is 4.60. The third kappa shape index (κ3) is 3.48. The number of nitrogens with one attached hydrogen (secondary N) is 1. The van der Waals surface area contributed by atoms with E-state index in [1.165, 1.54) is 11.1 Å². The van der Waals surface area contributed by atoms with Crippen LogP contribution in [-0.4, -0.2) is 16.0 Å². The molecule has 0 radical (unpaired) electrons. The quantitative estimate of drug-likeness (QED) is 0.750. The highest BCUT2D eigenvalue weighted by atomic mass is 32.1. The summed E-state index contributed by atoms with van der Waals surface area (Å²) in [6.07, 6.45) is 0. The van der Waals surface area contributed by atoms with Crippen LogP contribution in [0.3, 0.4) is 0 Å². The summed E-state index contributed by atoms with van der Waals surface area (Å²) in [6, 6.07) is 12.5. The van der Waals surface area contributed by atoms with Crippen molar-refractivity contribution in [1.29, 1.82) is 0 Å². The van der Waals surface area contributed by atoms with E-state index in [1.807, 2.05) is 26.8 Å². The van der Waals surface area contributed by atoms with E-state index in [9.17, 15) is 4.79 Å². The van der Waals surface area contributed by atoms with Crippen LogP contribution in [0.5, 0.6) is 0 Å². The third-order valence-electron chi connectivity index (χ3n) is 3.65. The van der Waals surface area contributed by atoms with Crippen LogP contribution in [0.2, 0.25) is 0 Å². The molecule has 1 aromatic carbocycles. The fourth-order valence-electron chi connectivity index (χ4n) is 2.72. The van der Waals surface area contributed by atoms with E-state index in [2.05, 4.69) is 52.5 Å². The highest BCUT2D eigenvalue weighted by Gasteiger charge is 2.21. The molecule has 23 heavy (non-hydrogen) atoms. The first kappa shape index (κ1) is 15.8. The number of hydrogen-bond acceptors (Lipinski definition) is 2. The van der Waals surface area contributed by atoms with Gasteiger partial charge in [-0.05, 0) is 50.8 Å².